The molecule has 1 fully saturated rings. The van der Waals surface area contributed by atoms with E-state index in [1.54, 1.807) is 14.2 Å². The summed E-state index contributed by atoms with van der Waals surface area (Å²) in [4.78, 5) is 0. The number of hydrogen-bond donors (Lipinski definition) is 1. The number of hydrogen-bond acceptors (Lipinski definition) is 3. The van der Waals surface area contributed by atoms with Gasteiger partial charge in [-0.15, -0.1) is 0 Å². The standard InChI is InChI=1S/C15H22O3/c1-17-12-7-8-13(14(11-12)18-2)15(16)9-5-3-4-6-10-15/h7-8,11,16H,3-6,9-10H2,1-2H3. The zero-order valence-corrected chi connectivity index (χ0v) is 11.2. The largest absolute Gasteiger partial charge is 0.497 e. The van der Waals surface area contributed by atoms with Gasteiger partial charge >= 0.3 is 0 Å². The van der Waals surface area contributed by atoms with Crippen LogP contribution >= 0.6 is 0 Å². The van der Waals surface area contributed by atoms with Gasteiger partial charge in [0.05, 0.1) is 19.8 Å². The Bertz CT molecular complexity index is 393. The minimum Gasteiger partial charge on any atom is -0.497 e. The van der Waals surface area contributed by atoms with E-state index < -0.39 is 5.60 Å². The lowest BCUT2D eigenvalue weighted by Crippen LogP contribution is -2.25. The van der Waals surface area contributed by atoms with Crippen LogP contribution in [-0.4, -0.2) is 19.3 Å². The Morgan fingerprint density at radius 1 is 1.00 bits per heavy atom. The molecule has 0 radical (unpaired) electrons. The van der Waals surface area contributed by atoms with Crippen molar-refractivity contribution >= 4 is 0 Å². The summed E-state index contributed by atoms with van der Waals surface area (Å²) in [5, 5.41) is 10.9. The van der Waals surface area contributed by atoms with Crippen molar-refractivity contribution in [3.05, 3.63) is 23.8 Å². The quantitative estimate of drug-likeness (QED) is 0.837. The minimum atomic E-state index is -0.742. The Kier molecular flexibility index (Phi) is 4.12. The lowest BCUT2D eigenvalue weighted by molar-refractivity contribution is 0.0184. The SMILES string of the molecule is COc1ccc(C2(O)CCCCCC2)c(OC)c1. The molecule has 1 N–H and O–H groups in total. The molecule has 1 aromatic carbocycles. The molecule has 1 saturated carbocycles. The lowest BCUT2D eigenvalue weighted by atomic mass is 9.86. The highest BCUT2D eigenvalue weighted by Gasteiger charge is 2.32. The van der Waals surface area contributed by atoms with Crippen LogP contribution in [0.15, 0.2) is 18.2 Å². The van der Waals surface area contributed by atoms with Crippen molar-refractivity contribution in [2.24, 2.45) is 0 Å². The Labute approximate surface area is 109 Å². The number of methoxy groups -OCH3 is 2. The van der Waals surface area contributed by atoms with Crippen LogP contribution in [0, 0.1) is 0 Å². The molecule has 1 aliphatic rings. The van der Waals surface area contributed by atoms with Crippen molar-refractivity contribution in [1.82, 2.24) is 0 Å². The van der Waals surface area contributed by atoms with Crippen molar-refractivity contribution in [3.63, 3.8) is 0 Å². The molecule has 0 amide bonds. The van der Waals surface area contributed by atoms with E-state index in [0.29, 0.717) is 0 Å². The zero-order chi connectivity index (χ0) is 13.0. The molecule has 2 rings (SSSR count). The van der Waals surface area contributed by atoms with Gasteiger partial charge < -0.3 is 14.6 Å². The molecule has 0 bridgehead atoms. The molecule has 0 spiro atoms. The van der Waals surface area contributed by atoms with E-state index in [9.17, 15) is 5.11 Å². The molecule has 18 heavy (non-hydrogen) atoms. The second-order valence-electron chi connectivity index (χ2n) is 5.01. The first kappa shape index (κ1) is 13.2. The van der Waals surface area contributed by atoms with E-state index in [0.717, 1.165) is 42.7 Å². The summed E-state index contributed by atoms with van der Waals surface area (Å²) in [7, 11) is 3.27. The second-order valence-corrected chi connectivity index (χ2v) is 5.01. The number of ether oxygens (including phenoxy) is 2. The van der Waals surface area contributed by atoms with Crippen LogP contribution in [0.25, 0.3) is 0 Å². The monoisotopic (exact) mass is 250 g/mol. The van der Waals surface area contributed by atoms with E-state index in [-0.39, 0.29) is 0 Å². The van der Waals surface area contributed by atoms with Gasteiger partial charge in [-0.25, -0.2) is 0 Å². The summed E-state index contributed by atoms with van der Waals surface area (Å²) in [5.74, 6) is 1.48. The Hall–Kier alpha value is -1.22. The lowest BCUT2D eigenvalue weighted by Gasteiger charge is -2.29. The van der Waals surface area contributed by atoms with E-state index in [1.165, 1.54) is 12.8 Å². The molecule has 0 atom stereocenters. The molecule has 0 saturated heterocycles. The molecule has 0 aliphatic heterocycles. The third-order valence-corrected chi connectivity index (χ3v) is 3.84. The molecule has 3 heteroatoms. The van der Waals surface area contributed by atoms with Crippen LogP contribution in [0.1, 0.15) is 44.1 Å². The average Bonchev–Trinajstić information content (AvgIpc) is 2.63. The molecular weight excluding hydrogens is 228 g/mol. The Balaban J connectivity index is 2.35. The fourth-order valence-electron chi connectivity index (χ4n) is 2.77. The predicted octanol–water partition coefficient (Wildman–Crippen LogP) is 3.25. The van der Waals surface area contributed by atoms with E-state index in [2.05, 4.69) is 0 Å². The highest BCUT2D eigenvalue weighted by Crippen LogP contribution is 2.41. The van der Waals surface area contributed by atoms with Crippen LogP contribution in [0.3, 0.4) is 0 Å². The molecule has 3 nitrogen and oxygen atoms in total. The van der Waals surface area contributed by atoms with Crippen LogP contribution in [0.4, 0.5) is 0 Å². The van der Waals surface area contributed by atoms with Gasteiger partial charge in [0, 0.05) is 11.6 Å². The molecular formula is C15H22O3. The van der Waals surface area contributed by atoms with Crippen molar-refractivity contribution in [3.8, 4) is 11.5 Å². The van der Waals surface area contributed by atoms with E-state index in [1.807, 2.05) is 18.2 Å². The first-order chi connectivity index (χ1) is 8.69. The van der Waals surface area contributed by atoms with Gasteiger partial charge in [0.1, 0.15) is 11.5 Å². The minimum absolute atomic E-state index is 0.721. The maximum absolute atomic E-state index is 10.9. The van der Waals surface area contributed by atoms with Crippen LogP contribution < -0.4 is 9.47 Å². The summed E-state index contributed by atoms with van der Waals surface area (Å²) in [6, 6.07) is 5.67. The third kappa shape index (κ3) is 2.61. The van der Waals surface area contributed by atoms with E-state index >= 15 is 0 Å². The molecule has 0 aromatic heterocycles. The predicted molar refractivity (Wildman–Crippen MR) is 71.1 cm³/mol. The van der Waals surface area contributed by atoms with Gasteiger partial charge in [-0.05, 0) is 25.0 Å². The first-order valence-corrected chi connectivity index (χ1v) is 6.64. The number of aliphatic hydroxyl groups is 1. The summed E-state index contributed by atoms with van der Waals surface area (Å²) in [5.41, 5.74) is 0.154. The highest BCUT2D eigenvalue weighted by molar-refractivity contribution is 5.44. The fourth-order valence-corrected chi connectivity index (χ4v) is 2.77. The Morgan fingerprint density at radius 3 is 2.22 bits per heavy atom. The summed E-state index contributed by atoms with van der Waals surface area (Å²) in [6.45, 7) is 0. The first-order valence-electron chi connectivity index (χ1n) is 6.64. The summed E-state index contributed by atoms with van der Waals surface area (Å²) < 4.78 is 10.6. The average molecular weight is 250 g/mol. The maximum atomic E-state index is 10.9. The van der Waals surface area contributed by atoms with Crippen LogP contribution in [0.2, 0.25) is 0 Å². The topological polar surface area (TPSA) is 38.7 Å². The zero-order valence-electron chi connectivity index (χ0n) is 11.2. The van der Waals surface area contributed by atoms with Gasteiger partial charge in [-0.1, -0.05) is 25.7 Å². The summed E-state index contributed by atoms with van der Waals surface area (Å²) >= 11 is 0. The van der Waals surface area contributed by atoms with Gasteiger partial charge in [-0.3, -0.25) is 0 Å². The van der Waals surface area contributed by atoms with E-state index in [4.69, 9.17) is 9.47 Å². The smallest absolute Gasteiger partial charge is 0.128 e. The Morgan fingerprint density at radius 2 is 1.67 bits per heavy atom. The van der Waals surface area contributed by atoms with Gasteiger partial charge in [0.25, 0.3) is 0 Å². The van der Waals surface area contributed by atoms with Crippen molar-refractivity contribution in [2.75, 3.05) is 14.2 Å². The molecule has 1 aromatic rings. The van der Waals surface area contributed by atoms with Crippen LogP contribution in [0.5, 0.6) is 11.5 Å². The van der Waals surface area contributed by atoms with Crippen molar-refractivity contribution in [1.29, 1.82) is 0 Å². The highest BCUT2D eigenvalue weighted by atomic mass is 16.5. The normalized spacial score (nSPS) is 19.1. The second kappa shape index (κ2) is 5.61. The molecule has 0 heterocycles. The molecule has 0 unspecified atom stereocenters. The summed E-state index contributed by atoms with van der Waals surface area (Å²) in [6.07, 6.45) is 6.20. The number of benzene rings is 1. The van der Waals surface area contributed by atoms with Gasteiger partial charge in [-0.2, -0.15) is 0 Å². The van der Waals surface area contributed by atoms with Gasteiger partial charge in [0.2, 0.25) is 0 Å². The maximum Gasteiger partial charge on any atom is 0.128 e. The van der Waals surface area contributed by atoms with Crippen molar-refractivity contribution in [2.45, 2.75) is 44.1 Å². The van der Waals surface area contributed by atoms with Gasteiger partial charge in [0.15, 0.2) is 0 Å². The third-order valence-electron chi connectivity index (χ3n) is 3.84. The number of rotatable bonds is 3. The molecule has 1 aliphatic carbocycles. The van der Waals surface area contributed by atoms with Crippen LogP contribution in [-0.2, 0) is 5.60 Å². The van der Waals surface area contributed by atoms with Crippen molar-refractivity contribution < 1.29 is 14.6 Å². The molecule has 100 valence electrons. The fraction of sp³-hybridized carbons (Fsp3) is 0.600.